The van der Waals surface area contributed by atoms with Crippen LogP contribution in [-0.4, -0.2) is 9.76 Å². The summed E-state index contributed by atoms with van der Waals surface area (Å²) in [6, 6.07) is 18.6. The standard InChI is InChI=1S/C14H11OSi/c15-16-14-7-3-6-12-11-5-2-1-4-10(11)8-9-13(12)14/h1-9H,16H2. The Labute approximate surface area is 96.3 Å². The summed E-state index contributed by atoms with van der Waals surface area (Å²) >= 11 is 0. The van der Waals surface area contributed by atoms with Crippen molar-refractivity contribution in [1.29, 1.82) is 0 Å². The monoisotopic (exact) mass is 223 g/mol. The lowest BCUT2D eigenvalue weighted by Crippen LogP contribution is -2.12. The number of hydrogen-bond acceptors (Lipinski definition) is 0. The molecule has 3 aromatic rings. The fourth-order valence-corrected chi connectivity index (χ4v) is 2.93. The average molecular weight is 223 g/mol. The molecule has 16 heavy (non-hydrogen) atoms. The van der Waals surface area contributed by atoms with Crippen LogP contribution in [0.3, 0.4) is 0 Å². The molecule has 0 amide bonds. The predicted molar refractivity (Wildman–Crippen MR) is 70.3 cm³/mol. The van der Waals surface area contributed by atoms with Crippen molar-refractivity contribution < 1.29 is 4.80 Å². The van der Waals surface area contributed by atoms with Crippen molar-refractivity contribution in [2.24, 2.45) is 0 Å². The molecule has 3 rings (SSSR count). The van der Waals surface area contributed by atoms with Gasteiger partial charge in [-0.25, -0.2) is 0 Å². The van der Waals surface area contributed by atoms with Crippen molar-refractivity contribution in [2.45, 2.75) is 0 Å². The van der Waals surface area contributed by atoms with Gasteiger partial charge in [0.1, 0.15) is 0 Å². The lowest BCUT2D eigenvalue weighted by atomic mass is 10.0. The van der Waals surface area contributed by atoms with Crippen LogP contribution in [0.15, 0.2) is 54.6 Å². The van der Waals surface area contributed by atoms with Gasteiger partial charge in [-0.15, -0.1) is 0 Å². The number of fused-ring (bicyclic) bond motifs is 3. The molecule has 0 unspecified atom stereocenters. The maximum absolute atomic E-state index is 11.2. The molecular formula is C14H11OSi. The van der Waals surface area contributed by atoms with E-state index >= 15 is 0 Å². The van der Waals surface area contributed by atoms with Gasteiger partial charge in [0.2, 0.25) is 9.76 Å². The SMILES string of the molecule is [O][SiH2]c1cccc2c1ccc1ccccc12. The lowest BCUT2D eigenvalue weighted by Gasteiger charge is -2.06. The molecule has 0 aliphatic rings. The van der Waals surface area contributed by atoms with E-state index in [2.05, 4.69) is 30.3 Å². The van der Waals surface area contributed by atoms with Crippen molar-refractivity contribution in [2.75, 3.05) is 0 Å². The maximum atomic E-state index is 11.2. The third-order valence-electron chi connectivity index (χ3n) is 3.03. The summed E-state index contributed by atoms with van der Waals surface area (Å²) in [5, 5.41) is 5.84. The molecule has 1 radical (unpaired) electrons. The Balaban J connectivity index is 2.52. The normalized spacial score (nSPS) is 11.8. The molecule has 0 N–H and O–H groups in total. The van der Waals surface area contributed by atoms with Crippen LogP contribution in [0.5, 0.6) is 0 Å². The summed E-state index contributed by atoms with van der Waals surface area (Å²) in [5.41, 5.74) is 0. The fraction of sp³-hybridized carbons (Fsp3) is 0. The zero-order valence-corrected chi connectivity index (χ0v) is 10.2. The molecule has 77 valence electrons. The minimum atomic E-state index is -1.35. The molecule has 2 heteroatoms. The van der Waals surface area contributed by atoms with Crippen LogP contribution >= 0.6 is 0 Å². The Morgan fingerprint density at radius 1 is 0.688 bits per heavy atom. The molecule has 0 atom stereocenters. The van der Waals surface area contributed by atoms with Gasteiger partial charge in [-0.2, -0.15) is 0 Å². The van der Waals surface area contributed by atoms with E-state index in [4.69, 9.17) is 0 Å². The van der Waals surface area contributed by atoms with Gasteiger partial charge >= 0.3 is 0 Å². The van der Waals surface area contributed by atoms with Crippen molar-refractivity contribution in [3.05, 3.63) is 54.6 Å². The Hall–Kier alpha value is -1.64. The van der Waals surface area contributed by atoms with Gasteiger partial charge < -0.3 is 4.80 Å². The molecule has 0 aliphatic carbocycles. The van der Waals surface area contributed by atoms with E-state index in [9.17, 15) is 4.80 Å². The Morgan fingerprint density at radius 3 is 2.38 bits per heavy atom. The molecular weight excluding hydrogens is 212 g/mol. The van der Waals surface area contributed by atoms with Crippen LogP contribution in [0.1, 0.15) is 0 Å². The molecule has 0 spiro atoms. The van der Waals surface area contributed by atoms with E-state index in [0.29, 0.717) is 0 Å². The van der Waals surface area contributed by atoms with Crippen molar-refractivity contribution in [3.8, 4) is 0 Å². The van der Waals surface area contributed by atoms with Gasteiger partial charge in [-0.05, 0) is 26.7 Å². The highest BCUT2D eigenvalue weighted by Gasteiger charge is 2.03. The van der Waals surface area contributed by atoms with Crippen LogP contribution < -0.4 is 5.19 Å². The summed E-state index contributed by atoms with van der Waals surface area (Å²) in [6.07, 6.45) is 0. The summed E-state index contributed by atoms with van der Waals surface area (Å²) in [4.78, 5) is 11.2. The van der Waals surface area contributed by atoms with E-state index in [1.54, 1.807) is 0 Å². The molecule has 0 saturated heterocycles. The minimum Gasteiger partial charge on any atom is -0.300 e. The molecule has 0 aliphatic heterocycles. The maximum Gasteiger partial charge on any atom is 0.238 e. The summed E-state index contributed by atoms with van der Waals surface area (Å²) in [7, 11) is -1.35. The minimum absolute atomic E-state index is 1.02. The van der Waals surface area contributed by atoms with Gasteiger partial charge in [0, 0.05) is 0 Å². The van der Waals surface area contributed by atoms with E-state index in [-0.39, 0.29) is 0 Å². The Morgan fingerprint density at radius 2 is 1.50 bits per heavy atom. The number of benzene rings is 3. The molecule has 0 fully saturated rings. The van der Waals surface area contributed by atoms with Gasteiger partial charge in [0.15, 0.2) is 0 Å². The molecule has 0 saturated carbocycles. The first-order valence-corrected chi connectivity index (χ1v) is 6.66. The predicted octanol–water partition coefficient (Wildman–Crippen LogP) is 2.13. The lowest BCUT2D eigenvalue weighted by molar-refractivity contribution is 0.484. The second kappa shape index (κ2) is 3.74. The highest BCUT2D eigenvalue weighted by atomic mass is 28.2. The second-order valence-corrected chi connectivity index (χ2v) is 4.99. The van der Waals surface area contributed by atoms with Crippen LogP contribution in [-0.2, 0) is 4.80 Å². The molecule has 0 aromatic heterocycles. The van der Waals surface area contributed by atoms with E-state index in [1.165, 1.54) is 16.2 Å². The Kier molecular flexibility index (Phi) is 2.24. The van der Waals surface area contributed by atoms with Crippen molar-refractivity contribution >= 4 is 36.5 Å². The van der Waals surface area contributed by atoms with Crippen LogP contribution in [0.25, 0.3) is 21.5 Å². The topological polar surface area (TPSA) is 19.9 Å². The molecule has 3 aromatic carbocycles. The second-order valence-electron chi connectivity index (χ2n) is 3.94. The zero-order chi connectivity index (χ0) is 11.0. The van der Waals surface area contributed by atoms with Crippen LogP contribution in [0.4, 0.5) is 0 Å². The van der Waals surface area contributed by atoms with Gasteiger partial charge in [0.05, 0.1) is 0 Å². The first-order valence-electron chi connectivity index (χ1n) is 5.37. The highest BCUT2D eigenvalue weighted by Crippen LogP contribution is 2.23. The highest BCUT2D eigenvalue weighted by molar-refractivity contribution is 6.50. The van der Waals surface area contributed by atoms with Crippen LogP contribution in [0.2, 0.25) is 0 Å². The van der Waals surface area contributed by atoms with Gasteiger partial charge in [-0.1, -0.05) is 54.6 Å². The summed E-state index contributed by atoms with van der Waals surface area (Å²) in [5.74, 6) is 0. The molecule has 0 heterocycles. The van der Waals surface area contributed by atoms with Gasteiger partial charge in [-0.3, -0.25) is 0 Å². The van der Waals surface area contributed by atoms with Crippen molar-refractivity contribution in [3.63, 3.8) is 0 Å². The number of rotatable bonds is 1. The van der Waals surface area contributed by atoms with Crippen LogP contribution in [0, 0.1) is 0 Å². The summed E-state index contributed by atoms with van der Waals surface area (Å²) in [6.45, 7) is 0. The largest absolute Gasteiger partial charge is 0.300 e. The van der Waals surface area contributed by atoms with Crippen molar-refractivity contribution in [1.82, 2.24) is 0 Å². The third-order valence-corrected chi connectivity index (χ3v) is 3.96. The first kappa shape index (κ1) is 9.57. The van der Waals surface area contributed by atoms with Gasteiger partial charge in [0.25, 0.3) is 0 Å². The number of hydrogen-bond donors (Lipinski definition) is 0. The average Bonchev–Trinajstić information content (AvgIpc) is 2.37. The quantitative estimate of drug-likeness (QED) is 0.445. The summed E-state index contributed by atoms with van der Waals surface area (Å²) < 4.78 is 0. The molecule has 0 bridgehead atoms. The van der Waals surface area contributed by atoms with E-state index < -0.39 is 9.76 Å². The third kappa shape index (κ3) is 1.35. The molecule has 1 nitrogen and oxygen atoms in total. The zero-order valence-electron chi connectivity index (χ0n) is 8.81. The fourth-order valence-electron chi connectivity index (χ4n) is 2.23. The van der Waals surface area contributed by atoms with E-state index in [1.807, 2.05) is 24.3 Å². The smallest absolute Gasteiger partial charge is 0.238 e. The Bertz CT molecular complexity index is 661. The van der Waals surface area contributed by atoms with E-state index in [0.717, 1.165) is 10.6 Å². The first-order chi connectivity index (χ1) is 7.90.